The van der Waals surface area contributed by atoms with Gasteiger partial charge in [-0.3, -0.25) is 0 Å². The molecule has 4 N–H and O–H groups in total. The van der Waals surface area contributed by atoms with Crippen molar-refractivity contribution in [1.82, 2.24) is 0 Å². The zero-order valence-corrected chi connectivity index (χ0v) is 13.1. The van der Waals surface area contributed by atoms with Gasteiger partial charge in [0.25, 0.3) is 0 Å². The van der Waals surface area contributed by atoms with E-state index < -0.39 is 0 Å². The molecule has 0 aromatic heterocycles. The van der Waals surface area contributed by atoms with Gasteiger partial charge in [-0.25, -0.2) is 0 Å². The first-order valence-corrected chi connectivity index (χ1v) is 6.77. The Bertz CT molecular complexity index is 433. The maximum Gasteiger partial charge on any atom is 0.122 e. The molecule has 0 aliphatic rings. The smallest absolute Gasteiger partial charge is 0.122 e. The molecule has 1 aromatic carbocycles. The van der Waals surface area contributed by atoms with Crippen LogP contribution in [0.5, 0.6) is 5.75 Å². The second kappa shape index (κ2) is 5.51. The third-order valence-corrected chi connectivity index (χ3v) is 3.76. The van der Waals surface area contributed by atoms with E-state index in [1.165, 1.54) is 5.56 Å². The molecule has 1 rings (SSSR count). The average Bonchev–Trinajstić information content (AvgIpc) is 2.36. The van der Waals surface area contributed by atoms with Gasteiger partial charge in [0.05, 0.1) is 7.11 Å². The van der Waals surface area contributed by atoms with E-state index in [1.54, 1.807) is 7.11 Å². The molecule has 0 aliphatic carbocycles. The van der Waals surface area contributed by atoms with Crippen molar-refractivity contribution in [3.63, 3.8) is 0 Å². The summed E-state index contributed by atoms with van der Waals surface area (Å²) < 4.78 is 5.45. The van der Waals surface area contributed by atoms with Crippen LogP contribution in [0.3, 0.4) is 0 Å². The summed E-state index contributed by atoms with van der Waals surface area (Å²) in [6.07, 6.45) is 0. The summed E-state index contributed by atoms with van der Waals surface area (Å²) in [7, 11) is 1.70. The van der Waals surface area contributed by atoms with E-state index in [-0.39, 0.29) is 16.9 Å². The molecule has 19 heavy (non-hydrogen) atoms. The normalized spacial score (nSPS) is 14.3. The number of methoxy groups -OCH3 is 1. The predicted octanol–water partition coefficient (Wildman–Crippen LogP) is 2.98. The van der Waals surface area contributed by atoms with Crippen LogP contribution < -0.4 is 16.2 Å². The molecule has 0 spiro atoms. The molecule has 0 bridgehead atoms. The Morgan fingerprint density at radius 3 is 2.16 bits per heavy atom. The third-order valence-electron chi connectivity index (χ3n) is 3.76. The monoisotopic (exact) mass is 264 g/mol. The highest BCUT2D eigenvalue weighted by atomic mass is 16.5. The molecular formula is C16H28N2O. The Hall–Kier alpha value is -1.06. The molecule has 1 unspecified atom stereocenters. The Kier molecular flexibility index (Phi) is 4.64. The molecule has 0 saturated carbocycles. The minimum absolute atomic E-state index is 0.0218. The average molecular weight is 264 g/mol. The van der Waals surface area contributed by atoms with Gasteiger partial charge < -0.3 is 16.2 Å². The first-order chi connectivity index (χ1) is 8.63. The second-order valence-corrected chi connectivity index (χ2v) is 6.88. The second-order valence-electron chi connectivity index (χ2n) is 6.88. The summed E-state index contributed by atoms with van der Waals surface area (Å²) in [5.74, 6) is 0.911. The van der Waals surface area contributed by atoms with Crippen molar-refractivity contribution in [2.24, 2.45) is 16.9 Å². The number of hydrogen-bond acceptors (Lipinski definition) is 3. The molecule has 1 atom stereocenters. The quantitative estimate of drug-likeness (QED) is 0.879. The van der Waals surface area contributed by atoms with Gasteiger partial charge in [-0.2, -0.15) is 0 Å². The highest BCUT2D eigenvalue weighted by Crippen LogP contribution is 2.36. The number of hydrogen-bond donors (Lipinski definition) is 2. The van der Waals surface area contributed by atoms with Crippen LogP contribution in [0, 0.1) is 5.41 Å². The van der Waals surface area contributed by atoms with Crippen LogP contribution in [-0.4, -0.2) is 13.7 Å². The van der Waals surface area contributed by atoms with Crippen LogP contribution in [0.2, 0.25) is 0 Å². The van der Waals surface area contributed by atoms with Gasteiger partial charge in [0, 0.05) is 6.04 Å². The van der Waals surface area contributed by atoms with Crippen LogP contribution in [0.15, 0.2) is 18.2 Å². The maximum atomic E-state index is 6.37. The van der Waals surface area contributed by atoms with Gasteiger partial charge in [-0.05, 0) is 40.6 Å². The lowest BCUT2D eigenvalue weighted by molar-refractivity contribution is 0.300. The number of nitrogens with two attached hydrogens (primary N) is 2. The molecule has 1 aromatic rings. The van der Waals surface area contributed by atoms with Gasteiger partial charge in [0.2, 0.25) is 0 Å². The van der Waals surface area contributed by atoms with Crippen LogP contribution in [0.25, 0.3) is 0 Å². The third kappa shape index (κ3) is 3.48. The maximum absolute atomic E-state index is 6.37. The number of benzene rings is 1. The number of ether oxygens (including phenoxy) is 1. The van der Waals surface area contributed by atoms with Gasteiger partial charge in [-0.1, -0.05) is 40.7 Å². The fourth-order valence-electron chi connectivity index (χ4n) is 2.08. The van der Waals surface area contributed by atoms with Crippen LogP contribution in [0.1, 0.15) is 51.8 Å². The lowest BCUT2D eigenvalue weighted by Crippen LogP contribution is -2.36. The number of rotatable bonds is 4. The van der Waals surface area contributed by atoms with Gasteiger partial charge >= 0.3 is 0 Å². The molecule has 0 saturated heterocycles. The van der Waals surface area contributed by atoms with Crippen LogP contribution >= 0.6 is 0 Å². The first-order valence-electron chi connectivity index (χ1n) is 6.77. The minimum Gasteiger partial charge on any atom is -0.496 e. The van der Waals surface area contributed by atoms with Crippen molar-refractivity contribution in [2.45, 2.75) is 46.1 Å². The molecule has 0 heterocycles. The van der Waals surface area contributed by atoms with E-state index in [0.29, 0.717) is 6.54 Å². The van der Waals surface area contributed by atoms with Crippen molar-refractivity contribution >= 4 is 0 Å². The van der Waals surface area contributed by atoms with E-state index in [4.69, 9.17) is 16.2 Å². The summed E-state index contributed by atoms with van der Waals surface area (Å²) in [5, 5.41) is 0. The molecule has 0 fully saturated rings. The van der Waals surface area contributed by atoms with Crippen molar-refractivity contribution in [3.05, 3.63) is 29.3 Å². The fourth-order valence-corrected chi connectivity index (χ4v) is 2.08. The largest absolute Gasteiger partial charge is 0.496 e. The van der Waals surface area contributed by atoms with Gasteiger partial charge in [0.1, 0.15) is 5.75 Å². The summed E-state index contributed by atoms with van der Waals surface area (Å²) >= 11 is 0. The van der Waals surface area contributed by atoms with E-state index >= 15 is 0 Å². The van der Waals surface area contributed by atoms with Gasteiger partial charge in [0.15, 0.2) is 0 Å². The zero-order valence-electron chi connectivity index (χ0n) is 13.1. The summed E-state index contributed by atoms with van der Waals surface area (Å²) in [5.41, 5.74) is 14.4. The molecule has 3 nitrogen and oxygen atoms in total. The Labute approximate surface area is 117 Å². The molecule has 0 amide bonds. The molecule has 3 heteroatoms. The van der Waals surface area contributed by atoms with E-state index in [0.717, 1.165) is 11.3 Å². The van der Waals surface area contributed by atoms with Crippen molar-refractivity contribution < 1.29 is 4.74 Å². The molecule has 108 valence electrons. The summed E-state index contributed by atoms with van der Waals surface area (Å²) in [6.45, 7) is 11.3. The lowest BCUT2D eigenvalue weighted by Gasteiger charge is -2.32. The Morgan fingerprint density at radius 1 is 1.16 bits per heavy atom. The van der Waals surface area contributed by atoms with Crippen LogP contribution in [-0.2, 0) is 5.41 Å². The molecule has 0 radical (unpaired) electrons. The summed E-state index contributed by atoms with van der Waals surface area (Å²) in [6, 6.07) is 6.11. The predicted molar refractivity (Wildman–Crippen MR) is 81.5 cm³/mol. The molecular weight excluding hydrogens is 236 g/mol. The van der Waals surface area contributed by atoms with Crippen molar-refractivity contribution in [2.75, 3.05) is 13.7 Å². The lowest BCUT2D eigenvalue weighted by atomic mass is 9.78. The topological polar surface area (TPSA) is 61.3 Å². The Morgan fingerprint density at radius 2 is 1.74 bits per heavy atom. The van der Waals surface area contributed by atoms with E-state index in [1.807, 2.05) is 12.1 Å². The highest BCUT2D eigenvalue weighted by Gasteiger charge is 2.28. The molecule has 0 aliphatic heterocycles. The fraction of sp³-hybridized carbons (Fsp3) is 0.625. The first kappa shape index (κ1) is 16.0. The standard InChI is InChI=1S/C16H28N2O/c1-15(2,3)12-9-11(7-8-13(12)19-6)14(18)16(4,5)10-17/h7-9,14H,10,17-18H2,1-6H3. The zero-order chi connectivity index (χ0) is 14.8. The summed E-state index contributed by atoms with van der Waals surface area (Å²) in [4.78, 5) is 0. The highest BCUT2D eigenvalue weighted by molar-refractivity contribution is 5.42. The minimum atomic E-state index is -0.121. The van der Waals surface area contributed by atoms with Gasteiger partial charge in [-0.15, -0.1) is 0 Å². The van der Waals surface area contributed by atoms with Crippen molar-refractivity contribution in [1.29, 1.82) is 0 Å². The Balaban J connectivity index is 3.26. The SMILES string of the molecule is COc1ccc(C(N)C(C)(C)CN)cc1C(C)(C)C. The van der Waals surface area contributed by atoms with Crippen molar-refractivity contribution in [3.8, 4) is 5.75 Å². The van der Waals surface area contributed by atoms with Crippen LogP contribution in [0.4, 0.5) is 0 Å². The van der Waals surface area contributed by atoms with E-state index in [2.05, 4.69) is 40.7 Å². The van der Waals surface area contributed by atoms with E-state index in [9.17, 15) is 0 Å².